The maximum atomic E-state index is 11.5. The SMILES string of the molecule is C[C@@H](O)[C@@H]1CCCN(C(=O)CCCl)C1. The van der Waals surface area contributed by atoms with Gasteiger partial charge in [-0.25, -0.2) is 0 Å². The van der Waals surface area contributed by atoms with Crippen LogP contribution in [0.25, 0.3) is 0 Å². The zero-order valence-electron chi connectivity index (χ0n) is 8.58. The molecule has 1 rings (SSSR count). The number of hydrogen-bond donors (Lipinski definition) is 1. The fourth-order valence-corrected chi connectivity index (χ4v) is 2.03. The monoisotopic (exact) mass is 219 g/mol. The van der Waals surface area contributed by atoms with Gasteiger partial charge in [-0.3, -0.25) is 4.79 Å². The number of halogens is 1. The van der Waals surface area contributed by atoms with Gasteiger partial charge < -0.3 is 10.0 Å². The average molecular weight is 220 g/mol. The predicted octanol–water partition coefficient (Wildman–Crippen LogP) is 1.23. The van der Waals surface area contributed by atoms with Gasteiger partial charge in [0.2, 0.25) is 5.91 Å². The summed E-state index contributed by atoms with van der Waals surface area (Å²) in [7, 11) is 0. The Kier molecular flexibility index (Phi) is 4.69. The molecular weight excluding hydrogens is 202 g/mol. The van der Waals surface area contributed by atoms with Crippen molar-refractivity contribution in [2.75, 3.05) is 19.0 Å². The van der Waals surface area contributed by atoms with Gasteiger partial charge in [0.15, 0.2) is 0 Å². The van der Waals surface area contributed by atoms with Crippen LogP contribution < -0.4 is 0 Å². The van der Waals surface area contributed by atoms with E-state index < -0.39 is 0 Å². The number of aliphatic hydroxyl groups excluding tert-OH is 1. The summed E-state index contributed by atoms with van der Waals surface area (Å²) in [6.45, 7) is 3.30. The molecule has 2 atom stereocenters. The lowest BCUT2D eigenvalue weighted by Crippen LogP contribution is -2.42. The first-order valence-electron chi connectivity index (χ1n) is 5.17. The number of piperidine rings is 1. The van der Waals surface area contributed by atoms with E-state index in [1.807, 2.05) is 4.90 Å². The molecule has 1 N–H and O–H groups in total. The Morgan fingerprint density at radius 2 is 2.43 bits per heavy atom. The molecule has 4 heteroatoms. The highest BCUT2D eigenvalue weighted by molar-refractivity contribution is 6.18. The number of amides is 1. The lowest BCUT2D eigenvalue weighted by atomic mass is 9.93. The van der Waals surface area contributed by atoms with Crippen molar-refractivity contribution in [2.24, 2.45) is 5.92 Å². The van der Waals surface area contributed by atoms with Gasteiger partial charge in [0.1, 0.15) is 0 Å². The molecule has 0 aromatic carbocycles. The van der Waals surface area contributed by atoms with Crippen LogP contribution in [-0.4, -0.2) is 41.0 Å². The maximum Gasteiger partial charge on any atom is 0.223 e. The summed E-state index contributed by atoms with van der Waals surface area (Å²) in [4.78, 5) is 13.3. The van der Waals surface area contributed by atoms with E-state index in [1.54, 1.807) is 6.92 Å². The molecule has 0 aliphatic carbocycles. The smallest absolute Gasteiger partial charge is 0.223 e. The van der Waals surface area contributed by atoms with Crippen LogP contribution in [0.15, 0.2) is 0 Å². The molecule has 0 spiro atoms. The number of nitrogens with zero attached hydrogens (tertiary/aromatic N) is 1. The van der Waals surface area contributed by atoms with Crippen molar-refractivity contribution in [3.8, 4) is 0 Å². The fourth-order valence-electron chi connectivity index (χ4n) is 1.87. The van der Waals surface area contributed by atoms with Crippen LogP contribution in [-0.2, 0) is 4.79 Å². The Labute approximate surface area is 90.0 Å². The molecule has 1 aliphatic heterocycles. The summed E-state index contributed by atoms with van der Waals surface area (Å²) < 4.78 is 0. The quantitative estimate of drug-likeness (QED) is 0.726. The molecule has 1 amide bonds. The minimum absolute atomic E-state index is 0.116. The molecular formula is C10H18ClNO2. The summed E-state index contributed by atoms with van der Waals surface area (Å²) in [5, 5.41) is 9.44. The lowest BCUT2D eigenvalue weighted by Gasteiger charge is -2.34. The molecule has 0 radical (unpaired) electrons. The Morgan fingerprint density at radius 1 is 1.71 bits per heavy atom. The highest BCUT2D eigenvalue weighted by Gasteiger charge is 2.25. The van der Waals surface area contributed by atoms with Crippen LogP contribution in [0, 0.1) is 5.92 Å². The summed E-state index contributed by atoms with van der Waals surface area (Å²) in [6, 6.07) is 0. The Hall–Kier alpha value is -0.280. The molecule has 1 aliphatic rings. The van der Waals surface area contributed by atoms with E-state index in [1.165, 1.54) is 0 Å². The Bertz CT molecular complexity index is 197. The van der Waals surface area contributed by atoms with Crippen molar-refractivity contribution in [1.29, 1.82) is 0 Å². The van der Waals surface area contributed by atoms with E-state index in [2.05, 4.69) is 0 Å². The van der Waals surface area contributed by atoms with E-state index in [0.29, 0.717) is 18.8 Å². The third kappa shape index (κ3) is 3.14. The van der Waals surface area contributed by atoms with Crippen LogP contribution in [0.2, 0.25) is 0 Å². The molecule has 14 heavy (non-hydrogen) atoms. The highest BCUT2D eigenvalue weighted by Crippen LogP contribution is 2.20. The summed E-state index contributed by atoms with van der Waals surface area (Å²) in [6.07, 6.45) is 2.10. The van der Waals surface area contributed by atoms with Crippen LogP contribution in [0.1, 0.15) is 26.2 Å². The number of rotatable bonds is 3. The van der Waals surface area contributed by atoms with Crippen LogP contribution in [0.4, 0.5) is 0 Å². The zero-order chi connectivity index (χ0) is 10.6. The standard InChI is InChI=1S/C10H18ClNO2/c1-8(13)9-3-2-6-12(7-9)10(14)4-5-11/h8-9,13H,2-7H2,1H3/t8-,9-/m1/s1. The molecule has 3 nitrogen and oxygen atoms in total. The van der Waals surface area contributed by atoms with Gasteiger partial charge in [-0.05, 0) is 19.8 Å². The summed E-state index contributed by atoms with van der Waals surface area (Å²) >= 11 is 5.52. The molecule has 0 saturated carbocycles. The molecule has 1 saturated heterocycles. The van der Waals surface area contributed by atoms with E-state index in [4.69, 9.17) is 11.6 Å². The van der Waals surface area contributed by atoms with Gasteiger partial charge in [0.25, 0.3) is 0 Å². The number of hydrogen-bond acceptors (Lipinski definition) is 2. The second-order valence-corrected chi connectivity index (χ2v) is 4.30. The topological polar surface area (TPSA) is 40.5 Å². The lowest BCUT2D eigenvalue weighted by molar-refractivity contribution is -0.133. The number of alkyl halides is 1. The van der Waals surface area contributed by atoms with Gasteiger partial charge in [-0.15, -0.1) is 11.6 Å². The second-order valence-electron chi connectivity index (χ2n) is 3.92. The zero-order valence-corrected chi connectivity index (χ0v) is 9.33. The third-order valence-corrected chi connectivity index (χ3v) is 2.99. The van der Waals surface area contributed by atoms with Gasteiger partial charge >= 0.3 is 0 Å². The van der Waals surface area contributed by atoms with E-state index in [0.717, 1.165) is 19.4 Å². The highest BCUT2D eigenvalue weighted by atomic mass is 35.5. The molecule has 1 heterocycles. The summed E-state index contributed by atoms with van der Waals surface area (Å²) in [5.74, 6) is 0.739. The molecule has 0 aromatic rings. The predicted molar refractivity (Wildman–Crippen MR) is 56.3 cm³/mol. The molecule has 0 bridgehead atoms. The minimum atomic E-state index is -0.318. The number of carbonyl (C=O) groups excluding carboxylic acids is 1. The number of carbonyl (C=O) groups is 1. The van der Waals surface area contributed by atoms with E-state index in [9.17, 15) is 9.90 Å². The van der Waals surface area contributed by atoms with Gasteiger partial charge in [-0.1, -0.05) is 0 Å². The van der Waals surface area contributed by atoms with Gasteiger partial charge in [-0.2, -0.15) is 0 Å². The second kappa shape index (κ2) is 5.56. The first-order valence-corrected chi connectivity index (χ1v) is 5.70. The summed E-state index contributed by atoms with van der Waals surface area (Å²) in [5.41, 5.74) is 0. The van der Waals surface area contributed by atoms with Crippen molar-refractivity contribution in [1.82, 2.24) is 4.90 Å². The van der Waals surface area contributed by atoms with Crippen LogP contribution >= 0.6 is 11.6 Å². The van der Waals surface area contributed by atoms with Crippen LogP contribution in [0.3, 0.4) is 0 Å². The third-order valence-electron chi connectivity index (χ3n) is 2.80. The molecule has 0 aromatic heterocycles. The Balaban J connectivity index is 2.43. The molecule has 0 unspecified atom stereocenters. The normalized spacial score (nSPS) is 24.8. The van der Waals surface area contributed by atoms with Crippen LogP contribution in [0.5, 0.6) is 0 Å². The first kappa shape index (κ1) is 11.8. The van der Waals surface area contributed by atoms with Crippen molar-refractivity contribution < 1.29 is 9.90 Å². The largest absolute Gasteiger partial charge is 0.393 e. The Morgan fingerprint density at radius 3 is 3.00 bits per heavy atom. The first-order chi connectivity index (χ1) is 6.65. The minimum Gasteiger partial charge on any atom is -0.393 e. The molecule has 1 fully saturated rings. The van der Waals surface area contributed by atoms with Gasteiger partial charge in [0, 0.05) is 31.3 Å². The van der Waals surface area contributed by atoms with Crippen molar-refractivity contribution in [3.63, 3.8) is 0 Å². The fraction of sp³-hybridized carbons (Fsp3) is 0.900. The van der Waals surface area contributed by atoms with Crippen molar-refractivity contribution >= 4 is 17.5 Å². The maximum absolute atomic E-state index is 11.5. The van der Waals surface area contributed by atoms with Crippen molar-refractivity contribution in [3.05, 3.63) is 0 Å². The number of aliphatic hydroxyl groups is 1. The van der Waals surface area contributed by atoms with E-state index >= 15 is 0 Å². The molecule has 82 valence electrons. The average Bonchev–Trinajstić information content (AvgIpc) is 2.18. The van der Waals surface area contributed by atoms with Gasteiger partial charge in [0.05, 0.1) is 6.10 Å². The van der Waals surface area contributed by atoms with E-state index in [-0.39, 0.29) is 17.9 Å². The van der Waals surface area contributed by atoms with Crippen molar-refractivity contribution in [2.45, 2.75) is 32.3 Å². The number of likely N-dealkylation sites (tertiary alicyclic amines) is 1.